The zero-order valence-corrected chi connectivity index (χ0v) is 14.9. The Morgan fingerprint density at radius 1 is 1.22 bits per heavy atom. The van der Waals surface area contributed by atoms with Crippen LogP contribution < -0.4 is 5.32 Å². The molecule has 0 bridgehead atoms. The smallest absolute Gasteiger partial charge is 0.339 e. The first-order chi connectivity index (χ1) is 10.5. The van der Waals surface area contributed by atoms with Gasteiger partial charge in [0.2, 0.25) is 0 Å². The van der Waals surface area contributed by atoms with E-state index in [1.165, 1.54) is 25.1 Å². The fraction of sp³-hybridized carbons (Fsp3) is 0.500. The normalized spacial score (nSPS) is 12.8. The van der Waals surface area contributed by atoms with Crippen molar-refractivity contribution in [3.63, 3.8) is 0 Å². The van der Waals surface area contributed by atoms with E-state index in [-0.39, 0.29) is 22.3 Å². The van der Waals surface area contributed by atoms with E-state index in [9.17, 15) is 18.0 Å². The number of ether oxygens (including phenoxy) is 1. The van der Waals surface area contributed by atoms with Gasteiger partial charge < -0.3 is 10.1 Å². The number of hydrogen-bond donors (Lipinski definition) is 1. The van der Waals surface area contributed by atoms with Gasteiger partial charge in [0.25, 0.3) is 5.91 Å². The monoisotopic (exact) mass is 341 g/mol. The largest absolute Gasteiger partial charge is 0.449 e. The van der Waals surface area contributed by atoms with Gasteiger partial charge in [0.05, 0.1) is 10.5 Å². The van der Waals surface area contributed by atoms with Crippen LogP contribution in [0.15, 0.2) is 23.1 Å². The summed E-state index contributed by atoms with van der Waals surface area (Å²) in [5.74, 6) is -0.820. The highest BCUT2D eigenvalue weighted by molar-refractivity contribution is 7.90. The number of nitrogens with one attached hydrogen (secondary N) is 1. The molecule has 0 aromatic heterocycles. The number of amides is 1. The third kappa shape index (κ3) is 5.67. The SMILES string of the molecule is Cc1ccc(S(C)(=O)=O)cc1C(=O)O[C@H](C)C(=O)NCC(C)C. The Morgan fingerprint density at radius 3 is 2.35 bits per heavy atom. The highest BCUT2D eigenvalue weighted by Gasteiger charge is 2.21. The fourth-order valence-corrected chi connectivity index (χ4v) is 2.42. The first kappa shape index (κ1) is 19.2. The van der Waals surface area contributed by atoms with Crippen LogP contribution in [0.3, 0.4) is 0 Å². The number of benzene rings is 1. The molecule has 1 amide bonds. The van der Waals surface area contributed by atoms with Crippen LogP contribution in [0.1, 0.15) is 36.7 Å². The Balaban J connectivity index is 2.87. The molecule has 0 aliphatic heterocycles. The lowest BCUT2D eigenvalue weighted by Crippen LogP contribution is -2.37. The van der Waals surface area contributed by atoms with Crippen molar-refractivity contribution in [1.82, 2.24) is 5.32 Å². The summed E-state index contributed by atoms with van der Waals surface area (Å²) >= 11 is 0. The minimum atomic E-state index is -3.43. The summed E-state index contributed by atoms with van der Waals surface area (Å²) < 4.78 is 28.3. The molecule has 0 aliphatic rings. The van der Waals surface area contributed by atoms with Crippen LogP contribution >= 0.6 is 0 Å². The molecule has 0 fully saturated rings. The molecule has 128 valence electrons. The highest BCUT2D eigenvalue weighted by Crippen LogP contribution is 2.17. The van der Waals surface area contributed by atoms with E-state index < -0.39 is 21.9 Å². The van der Waals surface area contributed by atoms with Crippen LogP contribution in [-0.4, -0.2) is 39.2 Å². The van der Waals surface area contributed by atoms with Crippen LogP contribution in [-0.2, 0) is 19.4 Å². The van der Waals surface area contributed by atoms with Crippen molar-refractivity contribution in [2.24, 2.45) is 5.92 Å². The average Bonchev–Trinajstić information content (AvgIpc) is 2.43. The minimum Gasteiger partial charge on any atom is -0.449 e. The summed E-state index contributed by atoms with van der Waals surface area (Å²) in [7, 11) is -3.43. The molecule has 1 aromatic carbocycles. The Morgan fingerprint density at radius 2 is 1.83 bits per heavy atom. The summed E-state index contributed by atoms with van der Waals surface area (Å²) in [5.41, 5.74) is 0.716. The van der Waals surface area contributed by atoms with E-state index in [1.54, 1.807) is 6.92 Å². The summed E-state index contributed by atoms with van der Waals surface area (Å²) in [6, 6.07) is 4.24. The molecule has 1 aromatic rings. The van der Waals surface area contributed by atoms with Crippen molar-refractivity contribution in [1.29, 1.82) is 0 Å². The summed E-state index contributed by atoms with van der Waals surface area (Å²) in [5, 5.41) is 2.68. The number of esters is 1. The van der Waals surface area contributed by atoms with Gasteiger partial charge >= 0.3 is 5.97 Å². The summed E-state index contributed by atoms with van der Waals surface area (Å²) in [6.45, 7) is 7.55. The van der Waals surface area contributed by atoms with E-state index in [1.807, 2.05) is 13.8 Å². The molecular weight excluding hydrogens is 318 g/mol. The van der Waals surface area contributed by atoms with Crippen LogP contribution in [0, 0.1) is 12.8 Å². The minimum absolute atomic E-state index is 0.0342. The van der Waals surface area contributed by atoms with E-state index in [4.69, 9.17) is 4.74 Å². The lowest BCUT2D eigenvalue weighted by Gasteiger charge is -2.15. The van der Waals surface area contributed by atoms with Gasteiger partial charge in [-0.25, -0.2) is 13.2 Å². The lowest BCUT2D eigenvalue weighted by atomic mass is 10.1. The third-order valence-corrected chi connectivity index (χ3v) is 4.30. The van der Waals surface area contributed by atoms with Gasteiger partial charge in [0.15, 0.2) is 15.9 Å². The number of carbonyl (C=O) groups is 2. The van der Waals surface area contributed by atoms with Crippen LogP contribution in [0.4, 0.5) is 0 Å². The topological polar surface area (TPSA) is 89.5 Å². The molecule has 0 spiro atoms. The number of sulfone groups is 1. The van der Waals surface area contributed by atoms with E-state index in [0.29, 0.717) is 12.1 Å². The zero-order chi connectivity index (χ0) is 17.8. The van der Waals surface area contributed by atoms with Gasteiger partial charge in [-0.2, -0.15) is 0 Å². The molecule has 6 nitrogen and oxygen atoms in total. The molecule has 0 unspecified atom stereocenters. The maximum Gasteiger partial charge on any atom is 0.339 e. The van der Waals surface area contributed by atoms with E-state index >= 15 is 0 Å². The second-order valence-corrected chi connectivity index (χ2v) is 7.95. The van der Waals surface area contributed by atoms with Crippen molar-refractivity contribution >= 4 is 21.7 Å². The number of hydrogen-bond acceptors (Lipinski definition) is 5. The van der Waals surface area contributed by atoms with Crippen molar-refractivity contribution in [3.8, 4) is 0 Å². The Labute approximate surface area is 137 Å². The van der Waals surface area contributed by atoms with Crippen LogP contribution in [0.2, 0.25) is 0 Å². The predicted molar refractivity (Wildman–Crippen MR) is 87.0 cm³/mol. The second kappa shape index (κ2) is 7.59. The Bertz CT molecular complexity index is 694. The van der Waals surface area contributed by atoms with Crippen LogP contribution in [0.5, 0.6) is 0 Å². The van der Waals surface area contributed by atoms with Crippen molar-refractivity contribution in [2.45, 2.75) is 38.7 Å². The molecule has 1 atom stereocenters. The van der Waals surface area contributed by atoms with E-state index in [0.717, 1.165) is 6.26 Å². The number of rotatable bonds is 6. The maximum absolute atomic E-state index is 12.2. The molecule has 1 rings (SSSR count). The first-order valence-corrected chi connectivity index (χ1v) is 9.21. The average molecular weight is 341 g/mol. The number of carbonyl (C=O) groups excluding carboxylic acids is 2. The molecule has 0 saturated heterocycles. The first-order valence-electron chi connectivity index (χ1n) is 7.31. The van der Waals surface area contributed by atoms with Crippen molar-refractivity contribution < 1.29 is 22.7 Å². The van der Waals surface area contributed by atoms with Crippen molar-refractivity contribution in [3.05, 3.63) is 29.3 Å². The third-order valence-electron chi connectivity index (χ3n) is 3.19. The predicted octanol–water partition coefficient (Wildman–Crippen LogP) is 1.72. The van der Waals surface area contributed by atoms with Gasteiger partial charge in [-0.05, 0) is 37.5 Å². The lowest BCUT2D eigenvalue weighted by molar-refractivity contribution is -0.129. The molecule has 1 N–H and O–H groups in total. The number of aryl methyl sites for hydroxylation is 1. The van der Waals surface area contributed by atoms with Gasteiger partial charge in [-0.15, -0.1) is 0 Å². The molecular formula is C16H23NO5S. The molecule has 23 heavy (non-hydrogen) atoms. The molecule has 0 saturated carbocycles. The summed E-state index contributed by atoms with van der Waals surface area (Å²) in [4.78, 5) is 24.1. The standard InChI is InChI=1S/C16H23NO5S/c1-10(2)9-17-15(18)12(4)22-16(19)14-8-13(23(5,20)21)7-6-11(14)3/h6-8,10,12H,9H2,1-5H3,(H,17,18)/t12-/m1/s1. The van der Waals surface area contributed by atoms with Crippen molar-refractivity contribution in [2.75, 3.05) is 12.8 Å². The Hall–Kier alpha value is -1.89. The quantitative estimate of drug-likeness (QED) is 0.796. The van der Waals surface area contributed by atoms with Gasteiger partial charge in [-0.1, -0.05) is 19.9 Å². The highest BCUT2D eigenvalue weighted by atomic mass is 32.2. The second-order valence-electron chi connectivity index (χ2n) is 5.94. The maximum atomic E-state index is 12.2. The van der Waals surface area contributed by atoms with Gasteiger partial charge in [-0.3, -0.25) is 4.79 Å². The molecule has 0 aliphatic carbocycles. The fourth-order valence-electron chi connectivity index (χ4n) is 1.78. The van der Waals surface area contributed by atoms with E-state index in [2.05, 4.69) is 5.32 Å². The molecule has 0 radical (unpaired) electrons. The van der Waals surface area contributed by atoms with Gasteiger partial charge in [0.1, 0.15) is 0 Å². The van der Waals surface area contributed by atoms with Gasteiger partial charge in [0, 0.05) is 12.8 Å². The molecule has 7 heteroatoms. The molecule has 0 heterocycles. The summed E-state index contributed by atoms with van der Waals surface area (Å²) in [6.07, 6.45) is 0.108. The Kier molecular flexibility index (Phi) is 6.32. The zero-order valence-electron chi connectivity index (χ0n) is 14.0. The van der Waals surface area contributed by atoms with Crippen LogP contribution in [0.25, 0.3) is 0 Å².